The molecule has 4 aromatic carbocycles. The summed E-state index contributed by atoms with van der Waals surface area (Å²) in [6, 6.07) is 15.1. The topological polar surface area (TPSA) is 290 Å². The van der Waals surface area contributed by atoms with Crippen molar-refractivity contribution < 1.29 is 54.3 Å². The van der Waals surface area contributed by atoms with Crippen LogP contribution in [0.3, 0.4) is 0 Å². The Morgan fingerprint density at radius 1 is 0.410 bits per heavy atom. The van der Waals surface area contributed by atoms with Crippen molar-refractivity contribution in [3.8, 4) is 23.0 Å². The molecule has 6 atom stereocenters. The van der Waals surface area contributed by atoms with E-state index in [0.29, 0.717) is 22.3 Å². The van der Waals surface area contributed by atoms with Crippen molar-refractivity contribution in [3.63, 3.8) is 0 Å². The number of amides is 5. The average Bonchev–Trinajstić information content (AvgIpc) is 3.24. The van der Waals surface area contributed by atoms with Gasteiger partial charge >= 0.3 is 5.97 Å². The van der Waals surface area contributed by atoms with Gasteiger partial charge in [-0.3, -0.25) is 24.0 Å². The van der Waals surface area contributed by atoms with Crippen LogP contribution in [0.5, 0.6) is 23.0 Å². The molecule has 0 aromatic heterocycles. The molecule has 4 rings (SSSR count). The van der Waals surface area contributed by atoms with Gasteiger partial charge in [0.15, 0.2) is 0 Å². The lowest BCUT2D eigenvalue weighted by Gasteiger charge is -2.27. The normalized spacial score (nSPS) is 13.9. The number of aromatic hydroxyl groups is 4. The molecule has 0 aliphatic rings. The molecule has 0 unspecified atom stereocenters. The van der Waals surface area contributed by atoms with Crippen LogP contribution in [0.25, 0.3) is 0 Å². The molecule has 0 fully saturated rings. The Morgan fingerprint density at radius 3 is 0.852 bits per heavy atom. The zero-order valence-corrected chi connectivity index (χ0v) is 34.4. The number of hydrogen-bond acceptors (Lipinski definition) is 13. The van der Waals surface area contributed by atoms with E-state index in [1.807, 2.05) is 0 Å². The van der Waals surface area contributed by atoms with Gasteiger partial charge in [-0.2, -0.15) is 25.3 Å². The fraction of sp³-hybridized carbons (Fsp3) is 0.286. The van der Waals surface area contributed by atoms with E-state index >= 15 is 0 Å². The Labute approximate surface area is 362 Å². The quantitative estimate of drug-likeness (QED) is 0.0509. The second-order valence-electron chi connectivity index (χ2n) is 14.1. The van der Waals surface area contributed by atoms with E-state index in [4.69, 9.17) is 5.73 Å². The lowest BCUT2D eigenvalue weighted by atomic mass is 10.00. The number of hydrogen-bond donors (Lipinski definition) is 13. The molecule has 0 spiro atoms. The standard InChI is InChI=1S/C42H48N6O11S2/c43-31(21-60)37(53)44-32(17-23-1-9-27(49)10-2-23)38(54)45-33(18-24-3-11-28(50)12-4-24)39(55)46-34(19-25-5-13-29(51)14-6-25)40(56)47-35(20-26-7-15-30(52)16-8-26)41(57)48-36(22-61)42(58)59/h1-16,31-36,49-52,60-61H,17-22,43H2,(H,44,53)(H,45,54)(H,46,55)(H,47,56)(H,48,57)(H,58,59)/t31-,32-,33-,34-,35-,36-/m0/s1. The van der Waals surface area contributed by atoms with Gasteiger partial charge in [0.25, 0.3) is 0 Å². The number of aliphatic carboxylic acids is 1. The van der Waals surface area contributed by atoms with Crippen molar-refractivity contribution in [3.05, 3.63) is 119 Å². The number of carbonyl (C=O) groups excluding carboxylic acids is 5. The molecule has 12 N–H and O–H groups in total. The lowest BCUT2D eigenvalue weighted by Crippen LogP contribution is -2.60. The summed E-state index contributed by atoms with van der Waals surface area (Å²) in [5.74, 6) is -6.05. The van der Waals surface area contributed by atoms with Crippen molar-refractivity contribution in [1.29, 1.82) is 0 Å². The third kappa shape index (κ3) is 15.0. The molecule has 19 heteroatoms. The molecular formula is C42H48N6O11S2. The Bertz CT molecular complexity index is 2130. The Kier molecular flexibility index (Phi) is 17.7. The summed E-state index contributed by atoms with van der Waals surface area (Å²) in [7, 11) is 0. The van der Waals surface area contributed by atoms with Gasteiger partial charge in [-0.25, -0.2) is 4.79 Å². The smallest absolute Gasteiger partial charge is 0.327 e. The van der Waals surface area contributed by atoms with Crippen LogP contribution in [0.2, 0.25) is 0 Å². The van der Waals surface area contributed by atoms with Gasteiger partial charge in [-0.15, -0.1) is 0 Å². The first-order valence-electron chi connectivity index (χ1n) is 18.9. The van der Waals surface area contributed by atoms with Crippen LogP contribution in [0.1, 0.15) is 22.3 Å². The van der Waals surface area contributed by atoms with Crippen LogP contribution in [-0.4, -0.2) is 109 Å². The summed E-state index contributed by atoms with van der Waals surface area (Å²) in [4.78, 5) is 81.0. The number of carboxylic acids is 1. The summed E-state index contributed by atoms with van der Waals surface area (Å²) < 4.78 is 0. The molecule has 61 heavy (non-hydrogen) atoms. The van der Waals surface area contributed by atoms with Gasteiger partial charge in [0.05, 0.1) is 6.04 Å². The van der Waals surface area contributed by atoms with E-state index < -0.39 is 71.8 Å². The maximum Gasteiger partial charge on any atom is 0.327 e. The highest BCUT2D eigenvalue weighted by atomic mass is 32.1. The second-order valence-corrected chi connectivity index (χ2v) is 14.8. The zero-order chi connectivity index (χ0) is 44.6. The largest absolute Gasteiger partial charge is 0.508 e. The van der Waals surface area contributed by atoms with Crippen molar-refractivity contribution >= 4 is 60.8 Å². The number of carboxylic acid groups (broad SMARTS) is 1. The molecule has 0 heterocycles. The molecule has 0 aliphatic carbocycles. The minimum atomic E-state index is -1.45. The van der Waals surface area contributed by atoms with E-state index in [9.17, 15) is 54.3 Å². The molecule has 0 saturated heterocycles. The van der Waals surface area contributed by atoms with Gasteiger partial charge in [0.1, 0.15) is 53.2 Å². The first kappa shape index (κ1) is 47.2. The van der Waals surface area contributed by atoms with Gasteiger partial charge in [-0.05, 0) is 70.8 Å². The Morgan fingerprint density at radius 2 is 0.639 bits per heavy atom. The predicted octanol–water partition coefficient (Wildman–Crippen LogP) is 0.475. The van der Waals surface area contributed by atoms with Crippen molar-refractivity contribution in [2.75, 3.05) is 11.5 Å². The summed E-state index contributed by atoms with van der Waals surface area (Å²) in [5, 5.41) is 61.9. The number of rotatable bonds is 21. The van der Waals surface area contributed by atoms with Crippen LogP contribution in [-0.2, 0) is 54.5 Å². The highest BCUT2D eigenvalue weighted by molar-refractivity contribution is 7.80. The molecule has 0 bridgehead atoms. The zero-order valence-electron chi connectivity index (χ0n) is 32.6. The SMILES string of the molecule is N[C@@H](CS)C(=O)N[C@@H](Cc1ccc(O)cc1)C(=O)N[C@@H](Cc1ccc(O)cc1)C(=O)N[C@@H](Cc1ccc(O)cc1)C(=O)N[C@@H](Cc1ccc(O)cc1)C(=O)N[C@@H](CS)C(=O)O. The minimum Gasteiger partial charge on any atom is -0.508 e. The summed E-state index contributed by atoms with van der Waals surface area (Å²) >= 11 is 8.08. The minimum absolute atomic E-state index is 0.0307. The number of carbonyl (C=O) groups is 6. The van der Waals surface area contributed by atoms with E-state index in [1.54, 1.807) is 12.1 Å². The fourth-order valence-corrected chi connectivity index (χ4v) is 6.36. The number of phenols is 4. The van der Waals surface area contributed by atoms with E-state index in [2.05, 4.69) is 51.8 Å². The lowest BCUT2D eigenvalue weighted by molar-refractivity contribution is -0.141. The van der Waals surface area contributed by atoms with Crippen LogP contribution in [0, 0.1) is 0 Å². The molecule has 4 aromatic rings. The third-order valence-electron chi connectivity index (χ3n) is 9.37. The monoisotopic (exact) mass is 876 g/mol. The van der Waals surface area contributed by atoms with Crippen LogP contribution >= 0.6 is 25.3 Å². The predicted molar refractivity (Wildman–Crippen MR) is 230 cm³/mol. The number of phenolic OH excluding ortho intramolecular Hbond substituents is 4. The Hall–Kier alpha value is -6.44. The second kappa shape index (κ2) is 22.8. The highest BCUT2D eigenvalue weighted by Crippen LogP contribution is 2.17. The molecule has 324 valence electrons. The van der Waals surface area contributed by atoms with Crippen LogP contribution < -0.4 is 32.3 Å². The highest BCUT2D eigenvalue weighted by Gasteiger charge is 2.33. The maximum absolute atomic E-state index is 14.4. The number of nitrogens with one attached hydrogen (secondary N) is 5. The average molecular weight is 877 g/mol. The van der Waals surface area contributed by atoms with Gasteiger partial charge < -0.3 is 57.9 Å². The van der Waals surface area contributed by atoms with E-state index in [1.165, 1.54) is 84.9 Å². The van der Waals surface area contributed by atoms with Gasteiger partial charge in [-0.1, -0.05) is 48.5 Å². The van der Waals surface area contributed by atoms with Gasteiger partial charge in [0, 0.05) is 37.2 Å². The molecular weight excluding hydrogens is 829 g/mol. The van der Waals surface area contributed by atoms with Gasteiger partial charge in [0.2, 0.25) is 29.5 Å². The molecule has 0 aliphatic heterocycles. The number of thiol groups is 2. The van der Waals surface area contributed by atoms with Crippen LogP contribution in [0.15, 0.2) is 97.1 Å². The van der Waals surface area contributed by atoms with Crippen molar-refractivity contribution in [1.82, 2.24) is 26.6 Å². The molecule has 0 radical (unpaired) electrons. The molecule has 0 saturated carbocycles. The van der Waals surface area contributed by atoms with Crippen LogP contribution in [0.4, 0.5) is 0 Å². The van der Waals surface area contributed by atoms with E-state index in [-0.39, 0.29) is 60.2 Å². The third-order valence-corrected chi connectivity index (χ3v) is 10.1. The molecule has 17 nitrogen and oxygen atoms in total. The Balaban J connectivity index is 1.69. The number of nitrogens with two attached hydrogens (primary N) is 1. The summed E-state index contributed by atoms with van der Waals surface area (Å²) in [5.41, 5.74) is 7.86. The first-order valence-corrected chi connectivity index (χ1v) is 20.1. The summed E-state index contributed by atoms with van der Waals surface area (Å²) in [6.45, 7) is 0. The summed E-state index contributed by atoms with van der Waals surface area (Å²) in [6.07, 6.45) is -0.618. The maximum atomic E-state index is 14.4. The van der Waals surface area contributed by atoms with Crippen molar-refractivity contribution in [2.24, 2.45) is 5.73 Å². The first-order chi connectivity index (χ1) is 29.0. The van der Waals surface area contributed by atoms with Crippen molar-refractivity contribution in [2.45, 2.75) is 61.9 Å². The number of benzene rings is 4. The molecule has 5 amide bonds. The van der Waals surface area contributed by atoms with E-state index in [0.717, 1.165) is 0 Å². The fourth-order valence-electron chi connectivity index (χ4n) is 5.94.